The lowest BCUT2D eigenvalue weighted by Gasteiger charge is -2.18. The topological polar surface area (TPSA) is 78.9 Å². The second-order valence-electron chi connectivity index (χ2n) is 19.9. The molecule has 0 aliphatic carbocycles. The summed E-state index contributed by atoms with van der Waals surface area (Å²) in [5, 5.41) is 0. The predicted molar refractivity (Wildman–Crippen MR) is 284 cm³/mol. The Labute approximate surface area is 411 Å². The van der Waals surface area contributed by atoms with E-state index in [0.29, 0.717) is 19.3 Å². The highest BCUT2D eigenvalue weighted by Gasteiger charge is 2.19. The third-order valence-electron chi connectivity index (χ3n) is 13.2. The van der Waals surface area contributed by atoms with Crippen LogP contribution in [0.2, 0.25) is 0 Å². The summed E-state index contributed by atoms with van der Waals surface area (Å²) in [6.45, 7) is 6.64. The van der Waals surface area contributed by atoms with Gasteiger partial charge in [0.2, 0.25) is 0 Å². The van der Waals surface area contributed by atoms with Crippen molar-refractivity contribution in [2.24, 2.45) is 0 Å². The molecule has 388 valence electrons. The molecule has 0 saturated carbocycles. The molecule has 1 atom stereocenters. The van der Waals surface area contributed by atoms with Crippen LogP contribution in [0.25, 0.3) is 0 Å². The standard InChI is InChI=1S/C60H112O6/c1-4-7-10-13-16-19-22-24-26-28-29-30-31-32-34-35-38-41-44-47-50-53-59(62)65-56-57(55-64-58(61)52-49-46-43-40-37-21-18-15-12-9-6-3)66-60(63)54-51-48-45-42-39-36-33-27-25-23-20-17-14-11-8-5-2/h15,18,28-29,57H,4-14,16-17,19-27,30-56H2,1-3H3/b18-15-,29-28-. The van der Waals surface area contributed by atoms with Crippen LogP contribution in [0.3, 0.4) is 0 Å². The van der Waals surface area contributed by atoms with Gasteiger partial charge in [-0.25, -0.2) is 0 Å². The average molecular weight is 930 g/mol. The molecule has 0 aliphatic heterocycles. The molecule has 0 saturated heterocycles. The zero-order valence-electron chi connectivity index (χ0n) is 44.5. The highest BCUT2D eigenvalue weighted by atomic mass is 16.6. The Kier molecular flexibility index (Phi) is 53.7. The smallest absolute Gasteiger partial charge is 0.306 e. The average Bonchev–Trinajstić information content (AvgIpc) is 3.31. The van der Waals surface area contributed by atoms with Gasteiger partial charge in [-0.2, -0.15) is 0 Å². The molecule has 1 unspecified atom stereocenters. The lowest BCUT2D eigenvalue weighted by atomic mass is 10.0. The number of hydrogen-bond acceptors (Lipinski definition) is 6. The number of esters is 3. The molecule has 0 fully saturated rings. The summed E-state index contributed by atoms with van der Waals surface area (Å²) in [7, 11) is 0. The Morgan fingerprint density at radius 2 is 0.515 bits per heavy atom. The molecular formula is C60H112O6. The van der Waals surface area contributed by atoms with Crippen LogP contribution in [-0.2, 0) is 28.6 Å². The number of rotatable bonds is 54. The van der Waals surface area contributed by atoms with Crippen LogP contribution in [0.5, 0.6) is 0 Å². The van der Waals surface area contributed by atoms with Crippen LogP contribution in [0.15, 0.2) is 24.3 Å². The van der Waals surface area contributed by atoms with Gasteiger partial charge >= 0.3 is 17.9 Å². The maximum Gasteiger partial charge on any atom is 0.306 e. The Morgan fingerprint density at radius 1 is 0.288 bits per heavy atom. The molecule has 0 aromatic rings. The Balaban J connectivity index is 4.26. The molecule has 0 aromatic heterocycles. The number of allylic oxidation sites excluding steroid dienone is 4. The molecule has 0 aliphatic rings. The first-order valence-electron chi connectivity index (χ1n) is 29.3. The molecule has 0 amide bonds. The zero-order chi connectivity index (χ0) is 47.9. The van der Waals surface area contributed by atoms with E-state index in [1.165, 1.54) is 218 Å². The van der Waals surface area contributed by atoms with Crippen molar-refractivity contribution in [2.75, 3.05) is 13.2 Å². The maximum absolute atomic E-state index is 12.8. The highest BCUT2D eigenvalue weighted by molar-refractivity contribution is 5.71. The zero-order valence-corrected chi connectivity index (χ0v) is 44.5. The number of hydrogen-bond donors (Lipinski definition) is 0. The van der Waals surface area contributed by atoms with Gasteiger partial charge in [0.05, 0.1) is 0 Å². The minimum atomic E-state index is -0.771. The van der Waals surface area contributed by atoms with Gasteiger partial charge in [-0.15, -0.1) is 0 Å². The van der Waals surface area contributed by atoms with Crippen LogP contribution in [0, 0.1) is 0 Å². The molecule has 6 nitrogen and oxygen atoms in total. The van der Waals surface area contributed by atoms with Crippen molar-refractivity contribution < 1.29 is 28.6 Å². The fraction of sp³-hybridized carbons (Fsp3) is 0.883. The highest BCUT2D eigenvalue weighted by Crippen LogP contribution is 2.17. The quantitative estimate of drug-likeness (QED) is 0.0262. The third kappa shape index (κ3) is 52.9. The minimum Gasteiger partial charge on any atom is -0.462 e. The van der Waals surface area contributed by atoms with Crippen LogP contribution < -0.4 is 0 Å². The van der Waals surface area contributed by atoms with E-state index in [2.05, 4.69) is 45.1 Å². The monoisotopic (exact) mass is 929 g/mol. The first-order chi connectivity index (χ1) is 32.5. The van der Waals surface area contributed by atoms with Gasteiger partial charge in [-0.3, -0.25) is 14.4 Å². The van der Waals surface area contributed by atoms with E-state index in [-0.39, 0.29) is 31.1 Å². The number of unbranched alkanes of at least 4 members (excludes halogenated alkanes) is 39. The number of ether oxygens (including phenoxy) is 3. The van der Waals surface area contributed by atoms with E-state index in [0.717, 1.165) is 64.2 Å². The summed E-state index contributed by atoms with van der Waals surface area (Å²) in [4.78, 5) is 38.1. The Morgan fingerprint density at radius 3 is 0.803 bits per heavy atom. The van der Waals surface area contributed by atoms with Crippen molar-refractivity contribution in [2.45, 2.75) is 329 Å². The van der Waals surface area contributed by atoms with Crippen LogP contribution in [0.4, 0.5) is 0 Å². The Bertz CT molecular complexity index is 1070. The lowest BCUT2D eigenvalue weighted by Crippen LogP contribution is -2.30. The second-order valence-corrected chi connectivity index (χ2v) is 19.9. The third-order valence-corrected chi connectivity index (χ3v) is 13.2. The summed E-state index contributed by atoms with van der Waals surface area (Å²) in [5.41, 5.74) is 0. The largest absolute Gasteiger partial charge is 0.462 e. The molecule has 6 heteroatoms. The first kappa shape index (κ1) is 63.9. The van der Waals surface area contributed by atoms with Crippen molar-refractivity contribution in [1.82, 2.24) is 0 Å². The molecule has 0 bridgehead atoms. The fourth-order valence-electron chi connectivity index (χ4n) is 8.71. The van der Waals surface area contributed by atoms with Gasteiger partial charge in [0.1, 0.15) is 13.2 Å². The molecule has 0 aromatic carbocycles. The molecule has 0 radical (unpaired) electrons. The van der Waals surface area contributed by atoms with Crippen molar-refractivity contribution in [3.63, 3.8) is 0 Å². The van der Waals surface area contributed by atoms with Gasteiger partial charge in [0.25, 0.3) is 0 Å². The minimum absolute atomic E-state index is 0.0707. The van der Waals surface area contributed by atoms with Gasteiger partial charge in [0.15, 0.2) is 6.10 Å². The van der Waals surface area contributed by atoms with E-state index < -0.39 is 6.10 Å². The van der Waals surface area contributed by atoms with E-state index in [1.807, 2.05) is 0 Å². The molecule has 66 heavy (non-hydrogen) atoms. The predicted octanol–water partition coefficient (Wildman–Crippen LogP) is 19.5. The van der Waals surface area contributed by atoms with Crippen LogP contribution in [-0.4, -0.2) is 37.2 Å². The van der Waals surface area contributed by atoms with Crippen molar-refractivity contribution >= 4 is 17.9 Å². The molecule has 0 heterocycles. The summed E-state index contributed by atoms with van der Waals surface area (Å²) in [6, 6.07) is 0. The fourth-order valence-corrected chi connectivity index (χ4v) is 8.71. The molecule has 0 N–H and O–H groups in total. The summed E-state index contributed by atoms with van der Waals surface area (Å²) in [5.74, 6) is -0.863. The van der Waals surface area contributed by atoms with Crippen molar-refractivity contribution in [3.8, 4) is 0 Å². The Hall–Kier alpha value is -2.11. The maximum atomic E-state index is 12.8. The summed E-state index contributed by atoms with van der Waals surface area (Å²) < 4.78 is 16.9. The van der Waals surface area contributed by atoms with Crippen LogP contribution in [0.1, 0.15) is 323 Å². The number of carbonyl (C=O) groups is 3. The van der Waals surface area contributed by atoms with Crippen molar-refractivity contribution in [1.29, 1.82) is 0 Å². The van der Waals surface area contributed by atoms with Gasteiger partial charge < -0.3 is 14.2 Å². The van der Waals surface area contributed by atoms with Gasteiger partial charge in [0, 0.05) is 19.3 Å². The second kappa shape index (κ2) is 55.5. The first-order valence-corrected chi connectivity index (χ1v) is 29.3. The summed E-state index contributed by atoms with van der Waals surface area (Å²) >= 11 is 0. The summed E-state index contributed by atoms with van der Waals surface area (Å²) in [6.07, 6.45) is 64.6. The van der Waals surface area contributed by atoms with E-state index in [1.54, 1.807) is 0 Å². The van der Waals surface area contributed by atoms with Gasteiger partial charge in [-0.05, 0) is 64.2 Å². The van der Waals surface area contributed by atoms with E-state index in [4.69, 9.17) is 14.2 Å². The van der Waals surface area contributed by atoms with E-state index in [9.17, 15) is 14.4 Å². The van der Waals surface area contributed by atoms with Crippen molar-refractivity contribution in [3.05, 3.63) is 24.3 Å². The molecule has 0 rings (SSSR count). The van der Waals surface area contributed by atoms with E-state index >= 15 is 0 Å². The lowest BCUT2D eigenvalue weighted by molar-refractivity contribution is -0.167. The SMILES string of the molecule is CCCC/C=C\CCCCCCCC(=O)OCC(COC(=O)CCCCCCCCCCC/C=C\CCCCCCCCCC)OC(=O)CCCCCCCCCCCCCCCCCC. The van der Waals surface area contributed by atoms with Gasteiger partial charge in [-0.1, -0.05) is 263 Å². The molecular weight excluding hydrogens is 817 g/mol. The van der Waals surface area contributed by atoms with Crippen LogP contribution >= 0.6 is 0 Å². The molecule has 0 spiro atoms. The normalized spacial score (nSPS) is 12.1. The number of carbonyl (C=O) groups excluding carboxylic acids is 3.